The largest absolute Gasteiger partial charge is 0.491 e. The third-order valence-electron chi connectivity index (χ3n) is 3.72. The Morgan fingerprint density at radius 3 is 2.36 bits per heavy atom. The molecule has 1 N–H and O–H groups in total. The van der Waals surface area contributed by atoms with Crippen LogP contribution >= 0.6 is 0 Å². The van der Waals surface area contributed by atoms with Crippen LogP contribution in [0.5, 0.6) is 5.75 Å². The zero-order valence-electron chi connectivity index (χ0n) is 13.8. The zero-order valence-corrected chi connectivity index (χ0v) is 14.6. The fourth-order valence-electron chi connectivity index (χ4n) is 2.48. The molecule has 5 nitrogen and oxygen atoms in total. The van der Waals surface area contributed by atoms with Gasteiger partial charge in [-0.3, -0.25) is 4.72 Å². The lowest BCUT2D eigenvalue weighted by Gasteiger charge is -2.11. The number of hydrogen-bond acceptors (Lipinski definition) is 4. The third kappa shape index (κ3) is 4.10. The van der Waals surface area contributed by atoms with Crippen LogP contribution in [-0.2, 0) is 14.8 Å². The van der Waals surface area contributed by atoms with Crippen molar-refractivity contribution in [1.29, 1.82) is 0 Å². The number of hydrogen-bond donors (Lipinski definition) is 1. The molecule has 0 aliphatic carbocycles. The van der Waals surface area contributed by atoms with Gasteiger partial charge >= 0.3 is 0 Å². The Labute approximate surface area is 147 Å². The lowest BCUT2D eigenvalue weighted by Crippen LogP contribution is -2.13. The van der Waals surface area contributed by atoms with E-state index in [1.807, 2.05) is 36.4 Å². The summed E-state index contributed by atoms with van der Waals surface area (Å²) >= 11 is 0. The number of sulfonamides is 1. The number of nitrogens with one attached hydrogen (secondary N) is 1. The summed E-state index contributed by atoms with van der Waals surface area (Å²) in [4.78, 5) is 0.180. The molecule has 0 heterocycles. The quantitative estimate of drug-likeness (QED) is 0.655. The van der Waals surface area contributed by atoms with Gasteiger partial charge in [-0.1, -0.05) is 36.4 Å². The number of fused-ring (bicyclic) bond motifs is 1. The topological polar surface area (TPSA) is 64.6 Å². The summed E-state index contributed by atoms with van der Waals surface area (Å²) in [5, 5.41) is 1.83. The van der Waals surface area contributed by atoms with Gasteiger partial charge in [-0.15, -0.1) is 0 Å². The van der Waals surface area contributed by atoms with Gasteiger partial charge in [0.15, 0.2) is 0 Å². The fraction of sp³-hybridized carbons (Fsp3) is 0.158. The first-order chi connectivity index (χ1) is 12.1. The van der Waals surface area contributed by atoms with E-state index in [9.17, 15) is 8.42 Å². The summed E-state index contributed by atoms with van der Waals surface area (Å²) in [5.41, 5.74) is 0.554. The van der Waals surface area contributed by atoms with E-state index in [1.54, 1.807) is 25.3 Å². The Kier molecular flexibility index (Phi) is 5.21. The van der Waals surface area contributed by atoms with Crippen LogP contribution in [0.1, 0.15) is 0 Å². The Morgan fingerprint density at radius 2 is 1.60 bits per heavy atom. The van der Waals surface area contributed by atoms with E-state index in [1.165, 1.54) is 12.1 Å². The van der Waals surface area contributed by atoms with Crippen molar-refractivity contribution in [3.63, 3.8) is 0 Å². The molecule has 0 saturated carbocycles. The van der Waals surface area contributed by atoms with Crippen LogP contribution < -0.4 is 9.46 Å². The fourth-order valence-corrected chi connectivity index (χ4v) is 3.56. The molecule has 6 heteroatoms. The van der Waals surface area contributed by atoms with Crippen LogP contribution in [0.15, 0.2) is 71.6 Å². The minimum Gasteiger partial charge on any atom is -0.491 e. The van der Waals surface area contributed by atoms with Crippen LogP contribution in [0.25, 0.3) is 10.8 Å². The van der Waals surface area contributed by atoms with Gasteiger partial charge in [0.05, 0.1) is 17.2 Å². The summed E-state index contributed by atoms with van der Waals surface area (Å²) in [6.45, 7) is 0.888. The van der Waals surface area contributed by atoms with Crippen LogP contribution in [0.2, 0.25) is 0 Å². The molecule has 0 saturated heterocycles. The smallest absolute Gasteiger partial charge is 0.261 e. The third-order valence-corrected chi connectivity index (χ3v) is 5.11. The van der Waals surface area contributed by atoms with Crippen molar-refractivity contribution in [3.8, 4) is 5.75 Å². The predicted octanol–water partition coefficient (Wildman–Crippen LogP) is 3.67. The highest BCUT2D eigenvalue weighted by Crippen LogP contribution is 2.26. The molecular weight excluding hydrogens is 338 g/mol. The average Bonchev–Trinajstić information content (AvgIpc) is 2.62. The van der Waals surface area contributed by atoms with Crippen molar-refractivity contribution in [2.24, 2.45) is 0 Å². The summed E-state index contributed by atoms with van der Waals surface area (Å²) in [6, 6.07) is 19.5. The first-order valence-electron chi connectivity index (χ1n) is 7.82. The Morgan fingerprint density at radius 1 is 0.880 bits per heavy atom. The predicted molar refractivity (Wildman–Crippen MR) is 98.6 cm³/mol. The highest BCUT2D eigenvalue weighted by molar-refractivity contribution is 7.92. The van der Waals surface area contributed by atoms with Crippen molar-refractivity contribution < 1.29 is 17.9 Å². The van der Waals surface area contributed by atoms with Crippen molar-refractivity contribution in [2.75, 3.05) is 25.0 Å². The molecule has 3 aromatic carbocycles. The highest BCUT2D eigenvalue weighted by atomic mass is 32.2. The molecule has 3 rings (SSSR count). The van der Waals surface area contributed by atoms with Gasteiger partial charge in [-0.2, -0.15) is 0 Å². The maximum Gasteiger partial charge on any atom is 0.261 e. The molecule has 25 heavy (non-hydrogen) atoms. The van der Waals surface area contributed by atoms with Crippen molar-refractivity contribution in [3.05, 3.63) is 66.7 Å². The highest BCUT2D eigenvalue weighted by Gasteiger charge is 2.15. The molecule has 0 bridgehead atoms. The number of ether oxygens (including phenoxy) is 2. The number of benzene rings is 3. The SMILES string of the molecule is COCCOc1ccc(S(=O)(=O)Nc2cccc3ccccc23)cc1. The zero-order chi connectivity index (χ0) is 17.7. The first-order valence-corrected chi connectivity index (χ1v) is 9.31. The monoisotopic (exact) mass is 357 g/mol. The molecule has 3 aromatic rings. The van der Waals surface area contributed by atoms with Gasteiger partial charge in [0.2, 0.25) is 0 Å². The van der Waals surface area contributed by atoms with Gasteiger partial charge in [-0.05, 0) is 35.7 Å². The van der Waals surface area contributed by atoms with E-state index >= 15 is 0 Å². The molecule has 0 aromatic heterocycles. The summed E-state index contributed by atoms with van der Waals surface area (Å²) in [6.07, 6.45) is 0. The number of rotatable bonds is 7. The molecular formula is C19H19NO4S. The van der Waals surface area contributed by atoms with E-state index in [-0.39, 0.29) is 4.90 Å². The summed E-state index contributed by atoms with van der Waals surface area (Å²) in [7, 11) is -2.08. The van der Waals surface area contributed by atoms with Gasteiger partial charge in [0, 0.05) is 12.5 Å². The molecule has 0 aliphatic heterocycles. The van der Waals surface area contributed by atoms with Gasteiger partial charge in [0.25, 0.3) is 10.0 Å². The maximum absolute atomic E-state index is 12.6. The molecule has 0 fully saturated rings. The normalized spacial score (nSPS) is 11.4. The Hall–Kier alpha value is -2.57. The molecule has 0 spiro atoms. The van der Waals surface area contributed by atoms with E-state index in [2.05, 4.69) is 4.72 Å². The van der Waals surface area contributed by atoms with Gasteiger partial charge < -0.3 is 9.47 Å². The van der Waals surface area contributed by atoms with Crippen molar-refractivity contribution in [2.45, 2.75) is 4.90 Å². The Balaban J connectivity index is 1.81. The van der Waals surface area contributed by atoms with Crippen LogP contribution in [-0.4, -0.2) is 28.7 Å². The van der Waals surface area contributed by atoms with E-state index < -0.39 is 10.0 Å². The molecule has 0 aliphatic rings. The van der Waals surface area contributed by atoms with E-state index in [4.69, 9.17) is 9.47 Å². The minimum absolute atomic E-state index is 0.180. The number of methoxy groups -OCH3 is 1. The van der Waals surface area contributed by atoms with Crippen LogP contribution in [0.3, 0.4) is 0 Å². The van der Waals surface area contributed by atoms with Crippen LogP contribution in [0, 0.1) is 0 Å². The van der Waals surface area contributed by atoms with Crippen molar-refractivity contribution >= 4 is 26.5 Å². The average molecular weight is 357 g/mol. The second-order valence-electron chi connectivity index (χ2n) is 5.44. The van der Waals surface area contributed by atoms with Crippen molar-refractivity contribution in [1.82, 2.24) is 0 Å². The molecule has 0 unspecified atom stereocenters. The molecule has 0 radical (unpaired) electrons. The van der Waals surface area contributed by atoms with E-state index in [0.29, 0.717) is 24.7 Å². The lowest BCUT2D eigenvalue weighted by atomic mass is 10.1. The maximum atomic E-state index is 12.6. The summed E-state index contributed by atoms with van der Waals surface area (Å²) in [5.74, 6) is 0.598. The second kappa shape index (κ2) is 7.55. The molecule has 130 valence electrons. The minimum atomic E-state index is -3.68. The Bertz CT molecular complexity index is 947. The summed E-state index contributed by atoms with van der Waals surface area (Å²) < 4.78 is 38.3. The number of anilines is 1. The second-order valence-corrected chi connectivity index (χ2v) is 7.13. The van der Waals surface area contributed by atoms with E-state index in [0.717, 1.165) is 10.8 Å². The first kappa shape index (κ1) is 17.3. The van der Waals surface area contributed by atoms with Gasteiger partial charge in [0.1, 0.15) is 12.4 Å². The molecule has 0 atom stereocenters. The van der Waals surface area contributed by atoms with Gasteiger partial charge in [-0.25, -0.2) is 8.42 Å². The molecule has 0 amide bonds. The lowest BCUT2D eigenvalue weighted by molar-refractivity contribution is 0.146. The van der Waals surface area contributed by atoms with Crippen LogP contribution in [0.4, 0.5) is 5.69 Å². The standard InChI is InChI=1S/C19H19NO4S/c1-23-13-14-24-16-9-11-17(12-10-16)25(21,22)20-19-8-4-6-15-5-2-3-7-18(15)19/h2-12,20H,13-14H2,1H3.